The summed E-state index contributed by atoms with van der Waals surface area (Å²) in [6, 6.07) is 7.35. The highest BCUT2D eigenvalue weighted by Gasteiger charge is 2.19. The zero-order valence-corrected chi connectivity index (χ0v) is 9.28. The van der Waals surface area contributed by atoms with Crippen LogP contribution in [0.1, 0.15) is 0 Å². The van der Waals surface area contributed by atoms with Crippen molar-refractivity contribution in [3.63, 3.8) is 0 Å². The van der Waals surface area contributed by atoms with Gasteiger partial charge in [-0.3, -0.25) is 4.57 Å². The molecule has 6 nitrogen and oxygen atoms in total. The first kappa shape index (κ1) is 12.4. The molecule has 0 unspecified atom stereocenters. The molecule has 0 atom stereocenters. The lowest BCUT2D eigenvalue weighted by Crippen LogP contribution is -2.24. The van der Waals surface area contributed by atoms with E-state index in [1.807, 2.05) is 4.72 Å². The van der Waals surface area contributed by atoms with Crippen LogP contribution in [-0.4, -0.2) is 24.5 Å². The molecule has 0 aliphatic heterocycles. The van der Waals surface area contributed by atoms with E-state index < -0.39 is 23.9 Å². The lowest BCUT2D eigenvalue weighted by Gasteiger charge is -2.07. The van der Waals surface area contributed by atoms with Crippen LogP contribution in [0.15, 0.2) is 35.2 Å². The monoisotopic (exact) mass is 251 g/mol. The summed E-state index contributed by atoms with van der Waals surface area (Å²) in [5.74, 6) is 0. The van der Waals surface area contributed by atoms with Gasteiger partial charge in [-0.2, -0.15) is 4.72 Å². The maximum absolute atomic E-state index is 11.4. The van der Waals surface area contributed by atoms with Gasteiger partial charge in [0.05, 0.1) is 4.90 Å². The van der Waals surface area contributed by atoms with Crippen molar-refractivity contribution in [3.05, 3.63) is 30.3 Å². The number of hydrogen-bond donors (Lipinski definition) is 3. The Morgan fingerprint density at radius 3 is 2.20 bits per heavy atom. The first-order valence-electron chi connectivity index (χ1n) is 3.90. The molecule has 1 aromatic carbocycles. The minimum Gasteiger partial charge on any atom is -0.324 e. The maximum Gasteiger partial charge on any atom is 0.340 e. The van der Waals surface area contributed by atoms with E-state index in [1.54, 1.807) is 6.07 Å². The van der Waals surface area contributed by atoms with E-state index in [0.717, 1.165) is 0 Å². The van der Waals surface area contributed by atoms with E-state index in [-0.39, 0.29) is 4.90 Å². The summed E-state index contributed by atoms with van der Waals surface area (Å²) in [5.41, 5.74) is 0. The van der Waals surface area contributed by atoms with Crippen LogP contribution in [-0.2, 0) is 14.6 Å². The Bertz CT molecular complexity index is 465. The third-order valence-corrected chi connectivity index (χ3v) is 3.72. The number of sulfonamides is 1. The summed E-state index contributed by atoms with van der Waals surface area (Å²) in [6.45, 7) is 0. The fourth-order valence-electron chi connectivity index (χ4n) is 0.852. The average molecular weight is 251 g/mol. The summed E-state index contributed by atoms with van der Waals surface area (Å²) in [4.78, 5) is 17.0. The Labute approximate surface area is 87.2 Å². The van der Waals surface area contributed by atoms with Crippen LogP contribution in [0, 0.1) is 0 Å². The standard InChI is InChI=1S/C7H10NO5PS/c9-14(10,11)6-8-15(12,13)7-4-2-1-3-5-7/h1-5,8H,6H2,(H2,9,10,11). The lowest BCUT2D eigenvalue weighted by molar-refractivity contribution is 0.371. The van der Waals surface area contributed by atoms with Crippen LogP contribution in [0.2, 0.25) is 0 Å². The third-order valence-electron chi connectivity index (χ3n) is 1.51. The fraction of sp³-hybridized carbons (Fsp3) is 0.143. The molecule has 1 aromatic rings. The van der Waals surface area contributed by atoms with Crippen molar-refractivity contribution in [2.75, 3.05) is 6.29 Å². The second-order valence-corrected chi connectivity index (χ2v) is 6.20. The third kappa shape index (κ3) is 4.11. The molecule has 3 N–H and O–H groups in total. The van der Waals surface area contributed by atoms with E-state index in [4.69, 9.17) is 9.79 Å². The molecule has 1 rings (SSSR count). The molecule has 0 saturated heterocycles. The SMILES string of the molecule is O=P(O)(O)CNS(=O)(=O)c1ccccc1. The maximum atomic E-state index is 11.4. The van der Waals surface area contributed by atoms with Crippen molar-refractivity contribution in [1.29, 1.82) is 0 Å². The van der Waals surface area contributed by atoms with Crippen molar-refractivity contribution < 1.29 is 22.8 Å². The Morgan fingerprint density at radius 1 is 1.20 bits per heavy atom. The molecule has 0 aliphatic rings. The van der Waals surface area contributed by atoms with E-state index in [0.29, 0.717) is 0 Å². The van der Waals surface area contributed by atoms with Crippen molar-refractivity contribution in [3.8, 4) is 0 Å². The molecule has 0 spiro atoms. The van der Waals surface area contributed by atoms with Gasteiger partial charge in [0.25, 0.3) is 0 Å². The molecule has 0 saturated carbocycles. The number of rotatable bonds is 4. The van der Waals surface area contributed by atoms with Gasteiger partial charge in [-0.05, 0) is 12.1 Å². The predicted molar refractivity (Wildman–Crippen MR) is 53.7 cm³/mol. The average Bonchev–Trinajstić information content (AvgIpc) is 2.16. The molecule has 0 fully saturated rings. The normalized spacial score (nSPS) is 12.7. The molecule has 0 bridgehead atoms. The van der Waals surface area contributed by atoms with Crippen LogP contribution in [0.25, 0.3) is 0 Å². The fourth-order valence-corrected chi connectivity index (χ4v) is 2.89. The number of benzene rings is 1. The van der Waals surface area contributed by atoms with Gasteiger partial charge < -0.3 is 9.79 Å². The van der Waals surface area contributed by atoms with Gasteiger partial charge in [0.15, 0.2) is 0 Å². The van der Waals surface area contributed by atoms with E-state index in [9.17, 15) is 13.0 Å². The number of nitrogens with one attached hydrogen (secondary N) is 1. The highest BCUT2D eigenvalue weighted by molar-refractivity contribution is 7.89. The molecule has 0 radical (unpaired) electrons. The van der Waals surface area contributed by atoms with Gasteiger partial charge in [0.1, 0.15) is 6.29 Å². The molecule has 0 aromatic heterocycles. The Kier molecular flexibility index (Phi) is 3.64. The Balaban J connectivity index is 2.82. The van der Waals surface area contributed by atoms with Crippen LogP contribution >= 0.6 is 7.60 Å². The lowest BCUT2D eigenvalue weighted by atomic mass is 10.4. The highest BCUT2D eigenvalue weighted by atomic mass is 32.2. The van der Waals surface area contributed by atoms with Gasteiger partial charge in [-0.25, -0.2) is 8.42 Å². The van der Waals surface area contributed by atoms with Gasteiger partial charge in [-0.1, -0.05) is 18.2 Å². The molecule has 15 heavy (non-hydrogen) atoms. The molecule has 0 heterocycles. The quantitative estimate of drug-likeness (QED) is 0.658. The Hall–Kier alpha value is -0.720. The van der Waals surface area contributed by atoms with Crippen molar-refractivity contribution in [1.82, 2.24) is 4.72 Å². The Morgan fingerprint density at radius 2 is 1.73 bits per heavy atom. The number of hydrogen-bond acceptors (Lipinski definition) is 3. The second-order valence-electron chi connectivity index (χ2n) is 2.78. The second kappa shape index (κ2) is 4.42. The topological polar surface area (TPSA) is 104 Å². The van der Waals surface area contributed by atoms with Gasteiger partial charge in [-0.15, -0.1) is 0 Å². The molecule has 0 aliphatic carbocycles. The first-order chi connectivity index (χ1) is 6.81. The summed E-state index contributed by atoms with van der Waals surface area (Å²) in [7, 11) is -8.21. The van der Waals surface area contributed by atoms with E-state index >= 15 is 0 Å². The summed E-state index contributed by atoms with van der Waals surface area (Å²) in [6.07, 6.45) is -0.899. The van der Waals surface area contributed by atoms with Crippen molar-refractivity contribution in [2.24, 2.45) is 0 Å². The summed E-state index contributed by atoms with van der Waals surface area (Å²) >= 11 is 0. The van der Waals surface area contributed by atoms with Crippen molar-refractivity contribution >= 4 is 17.6 Å². The van der Waals surface area contributed by atoms with Crippen LogP contribution in [0.4, 0.5) is 0 Å². The van der Waals surface area contributed by atoms with Gasteiger partial charge >= 0.3 is 7.60 Å². The summed E-state index contributed by atoms with van der Waals surface area (Å²) < 4.78 is 35.1. The predicted octanol–water partition coefficient (Wildman–Crippen LogP) is 0.100. The van der Waals surface area contributed by atoms with Crippen LogP contribution in [0.5, 0.6) is 0 Å². The van der Waals surface area contributed by atoms with Gasteiger partial charge in [0.2, 0.25) is 10.0 Å². The van der Waals surface area contributed by atoms with E-state index in [1.165, 1.54) is 24.3 Å². The van der Waals surface area contributed by atoms with Gasteiger partial charge in [0, 0.05) is 0 Å². The molecule has 8 heteroatoms. The summed E-state index contributed by atoms with van der Waals surface area (Å²) in [5, 5.41) is 0. The molecule has 0 amide bonds. The molecular formula is C7H10NO5PS. The first-order valence-corrected chi connectivity index (χ1v) is 7.19. The zero-order chi connectivity index (χ0) is 11.5. The smallest absolute Gasteiger partial charge is 0.324 e. The van der Waals surface area contributed by atoms with E-state index in [2.05, 4.69) is 0 Å². The van der Waals surface area contributed by atoms with Crippen molar-refractivity contribution in [2.45, 2.75) is 4.90 Å². The molecular weight excluding hydrogens is 241 g/mol. The van der Waals surface area contributed by atoms with Crippen LogP contribution < -0.4 is 4.72 Å². The highest BCUT2D eigenvalue weighted by Crippen LogP contribution is 2.32. The minimum absolute atomic E-state index is 0.0292. The largest absolute Gasteiger partial charge is 0.340 e. The zero-order valence-electron chi connectivity index (χ0n) is 7.57. The minimum atomic E-state index is -4.37. The van der Waals surface area contributed by atoms with Crippen LogP contribution in [0.3, 0.4) is 0 Å². The molecule has 84 valence electrons.